The molecule has 1 aromatic heterocycles. The highest BCUT2D eigenvalue weighted by Gasteiger charge is 2.09. The van der Waals surface area contributed by atoms with Gasteiger partial charge in [0.2, 0.25) is 0 Å². The number of guanidine groups is 1. The number of aromatic nitrogens is 2. The van der Waals surface area contributed by atoms with Crippen LogP contribution in [0.15, 0.2) is 23.2 Å². The summed E-state index contributed by atoms with van der Waals surface area (Å²) in [4.78, 5) is 4.14. The van der Waals surface area contributed by atoms with E-state index in [9.17, 15) is 8.78 Å². The van der Waals surface area contributed by atoms with Crippen LogP contribution in [0.4, 0.5) is 14.5 Å². The Labute approximate surface area is 121 Å². The Bertz CT molecular complexity index is 691. The molecule has 0 radical (unpaired) electrons. The highest BCUT2D eigenvalue weighted by Crippen LogP contribution is 2.16. The van der Waals surface area contributed by atoms with Gasteiger partial charge >= 0.3 is 0 Å². The lowest BCUT2D eigenvalue weighted by Gasteiger charge is -2.07. The zero-order chi connectivity index (χ0) is 15.6. The number of nitrogens with one attached hydrogen (secondary N) is 1. The molecule has 1 aromatic carbocycles. The lowest BCUT2D eigenvalue weighted by molar-refractivity contribution is 0.604. The van der Waals surface area contributed by atoms with Crippen molar-refractivity contribution in [1.82, 2.24) is 9.78 Å². The third kappa shape index (κ3) is 3.36. The van der Waals surface area contributed by atoms with Crippen molar-refractivity contribution in [2.24, 2.45) is 17.8 Å². The Morgan fingerprint density at radius 1 is 1.38 bits per heavy atom. The molecule has 0 amide bonds. The summed E-state index contributed by atoms with van der Waals surface area (Å²) in [6.45, 7) is 4.13. The molecular formula is C14H17F2N5. The maximum Gasteiger partial charge on any atom is 0.193 e. The van der Waals surface area contributed by atoms with Crippen LogP contribution in [0.25, 0.3) is 0 Å². The Kier molecular flexibility index (Phi) is 4.21. The number of nitrogens with two attached hydrogens (primary N) is 1. The SMILES string of the molecule is Cc1nn(C)c(C)c1CN=C(N)Nc1cc(F)ccc1F. The number of hydrogen-bond donors (Lipinski definition) is 2. The van der Waals surface area contributed by atoms with Crippen LogP contribution in [-0.4, -0.2) is 15.7 Å². The van der Waals surface area contributed by atoms with Crippen molar-refractivity contribution in [3.05, 3.63) is 46.8 Å². The zero-order valence-electron chi connectivity index (χ0n) is 12.1. The van der Waals surface area contributed by atoms with Crippen LogP contribution in [0.1, 0.15) is 17.0 Å². The van der Waals surface area contributed by atoms with Gasteiger partial charge in [-0.3, -0.25) is 4.68 Å². The molecule has 0 spiro atoms. The van der Waals surface area contributed by atoms with Crippen LogP contribution in [-0.2, 0) is 13.6 Å². The van der Waals surface area contributed by atoms with Gasteiger partial charge < -0.3 is 11.1 Å². The number of rotatable bonds is 3. The summed E-state index contributed by atoms with van der Waals surface area (Å²) in [6, 6.07) is 3.09. The van der Waals surface area contributed by atoms with E-state index in [1.165, 1.54) is 0 Å². The van der Waals surface area contributed by atoms with Crippen molar-refractivity contribution in [3.8, 4) is 0 Å². The van der Waals surface area contributed by atoms with E-state index < -0.39 is 11.6 Å². The summed E-state index contributed by atoms with van der Waals surface area (Å²) < 4.78 is 28.3. The van der Waals surface area contributed by atoms with E-state index in [-0.39, 0.29) is 11.6 Å². The molecule has 0 unspecified atom stereocenters. The van der Waals surface area contributed by atoms with Crippen molar-refractivity contribution in [3.63, 3.8) is 0 Å². The van der Waals surface area contributed by atoms with E-state index in [2.05, 4.69) is 15.4 Å². The molecule has 112 valence electrons. The maximum absolute atomic E-state index is 13.5. The molecule has 0 aliphatic rings. The topological polar surface area (TPSA) is 68.2 Å². The van der Waals surface area contributed by atoms with Crippen molar-refractivity contribution in [2.45, 2.75) is 20.4 Å². The number of benzene rings is 1. The molecule has 0 fully saturated rings. The lowest BCUT2D eigenvalue weighted by Crippen LogP contribution is -2.23. The fourth-order valence-electron chi connectivity index (χ4n) is 1.98. The van der Waals surface area contributed by atoms with Gasteiger partial charge in [-0.15, -0.1) is 0 Å². The quantitative estimate of drug-likeness (QED) is 0.673. The van der Waals surface area contributed by atoms with Gasteiger partial charge in [0.15, 0.2) is 5.96 Å². The third-order valence-corrected chi connectivity index (χ3v) is 3.26. The summed E-state index contributed by atoms with van der Waals surface area (Å²) in [7, 11) is 1.85. The molecule has 2 rings (SSSR count). The first-order valence-electron chi connectivity index (χ1n) is 6.39. The Morgan fingerprint density at radius 2 is 2.10 bits per heavy atom. The fourth-order valence-corrected chi connectivity index (χ4v) is 1.98. The summed E-state index contributed by atoms with van der Waals surface area (Å²) in [6.07, 6.45) is 0. The molecule has 5 nitrogen and oxygen atoms in total. The first kappa shape index (κ1) is 15.0. The standard InChI is InChI=1S/C14H17F2N5/c1-8-11(9(2)21(3)20-8)7-18-14(17)19-13-6-10(15)4-5-12(13)16/h4-6H,7H2,1-3H3,(H3,17,18,19). The number of halogens is 2. The van der Waals surface area contributed by atoms with Crippen LogP contribution >= 0.6 is 0 Å². The lowest BCUT2D eigenvalue weighted by atomic mass is 10.2. The average molecular weight is 293 g/mol. The molecule has 7 heteroatoms. The smallest absolute Gasteiger partial charge is 0.193 e. The summed E-state index contributed by atoms with van der Waals surface area (Å²) in [5.74, 6) is -1.13. The van der Waals surface area contributed by atoms with Crippen LogP contribution in [0.3, 0.4) is 0 Å². The van der Waals surface area contributed by atoms with Crippen LogP contribution in [0.2, 0.25) is 0 Å². The summed E-state index contributed by atoms with van der Waals surface area (Å²) in [5, 5.41) is 6.83. The minimum absolute atomic E-state index is 0.0159. The third-order valence-electron chi connectivity index (χ3n) is 3.26. The van der Waals surface area contributed by atoms with E-state index in [4.69, 9.17) is 5.73 Å². The number of anilines is 1. The predicted molar refractivity (Wildman–Crippen MR) is 78.0 cm³/mol. The second kappa shape index (κ2) is 5.90. The van der Waals surface area contributed by atoms with Gasteiger partial charge in [-0.05, 0) is 26.0 Å². The predicted octanol–water partition coefficient (Wildman–Crippen LogP) is 2.24. The van der Waals surface area contributed by atoms with Crippen LogP contribution in [0.5, 0.6) is 0 Å². The number of aliphatic imine (C=N–C) groups is 1. The molecule has 1 heterocycles. The van der Waals surface area contributed by atoms with Crippen molar-refractivity contribution >= 4 is 11.6 Å². The van der Waals surface area contributed by atoms with Crippen molar-refractivity contribution in [1.29, 1.82) is 0 Å². The average Bonchev–Trinajstić information content (AvgIpc) is 2.66. The molecule has 2 aromatic rings. The van der Waals surface area contributed by atoms with Crippen molar-refractivity contribution in [2.75, 3.05) is 5.32 Å². The normalized spacial score (nSPS) is 11.8. The second-order valence-electron chi connectivity index (χ2n) is 4.72. The number of nitrogens with zero attached hydrogens (tertiary/aromatic N) is 3. The fraction of sp³-hybridized carbons (Fsp3) is 0.286. The Balaban J connectivity index is 2.13. The molecule has 0 saturated heterocycles. The molecule has 0 saturated carbocycles. The largest absolute Gasteiger partial charge is 0.370 e. The second-order valence-corrected chi connectivity index (χ2v) is 4.72. The van der Waals surface area contributed by atoms with Gasteiger partial charge in [-0.2, -0.15) is 5.10 Å². The minimum Gasteiger partial charge on any atom is -0.370 e. The van der Waals surface area contributed by atoms with E-state index >= 15 is 0 Å². The van der Waals surface area contributed by atoms with Gasteiger partial charge in [0.05, 0.1) is 17.9 Å². The van der Waals surface area contributed by atoms with E-state index in [1.807, 2.05) is 20.9 Å². The Morgan fingerprint density at radius 3 is 2.71 bits per heavy atom. The molecule has 0 bridgehead atoms. The van der Waals surface area contributed by atoms with Gasteiger partial charge in [0.25, 0.3) is 0 Å². The molecule has 0 aliphatic carbocycles. The first-order chi connectivity index (χ1) is 9.88. The van der Waals surface area contributed by atoms with Gasteiger partial charge in [-0.25, -0.2) is 13.8 Å². The molecule has 21 heavy (non-hydrogen) atoms. The monoisotopic (exact) mass is 293 g/mol. The van der Waals surface area contributed by atoms with Crippen molar-refractivity contribution < 1.29 is 8.78 Å². The molecule has 3 N–H and O–H groups in total. The number of aryl methyl sites for hydroxylation is 2. The molecular weight excluding hydrogens is 276 g/mol. The first-order valence-corrected chi connectivity index (χ1v) is 6.39. The van der Waals surface area contributed by atoms with Crippen LogP contribution in [0, 0.1) is 25.5 Å². The Hall–Kier alpha value is -2.44. The zero-order valence-corrected chi connectivity index (χ0v) is 12.1. The maximum atomic E-state index is 13.5. The summed E-state index contributed by atoms with van der Waals surface area (Å²) in [5.41, 5.74) is 8.47. The highest BCUT2D eigenvalue weighted by molar-refractivity contribution is 5.92. The van der Waals surface area contributed by atoms with Crippen LogP contribution < -0.4 is 11.1 Å². The van der Waals surface area contributed by atoms with E-state index in [1.54, 1.807) is 4.68 Å². The van der Waals surface area contributed by atoms with Gasteiger partial charge in [0, 0.05) is 24.4 Å². The van der Waals surface area contributed by atoms with E-state index in [0.29, 0.717) is 6.54 Å². The minimum atomic E-state index is -0.594. The summed E-state index contributed by atoms with van der Waals surface area (Å²) >= 11 is 0. The molecule has 0 aliphatic heterocycles. The van der Waals surface area contributed by atoms with E-state index in [0.717, 1.165) is 35.2 Å². The highest BCUT2D eigenvalue weighted by atomic mass is 19.1. The number of hydrogen-bond acceptors (Lipinski definition) is 2. The van der Waals surface area contributed by atoms with Gasteiger partial charge in [-0.1, -0.05) is 0 Å². The van der Waals surface area contributed by atoms with Gasteiger partial charge in [0.1, 0.15) is 11.6 Å². The molecule has 0 atom stereocenters.